The van der Waals surface area contributed by atoms with Crippen LogP contribution in [0, 0.1) is 5.82 Å². The van der Waals surface area contributed by atoms with Crippen LogP contribution in [0.15, 0.2) is 60.4 Å². The van der Waals surface area contributed by atoms with Gasteiger partial charge in [-0.3, -0.25) is 4.57 Å². The van der Waals surface area contributed by atoms with Crippen LogP contribution in [0.3, 0.4) is 0 Å². The second-order valence-corrected chi connectivity index (χ2v) is 7.22. The highest BCUT2D eigenvalue weighted by molar-refractivity contribution is 7.63. The third-order valence-corrected chi connectivity index (χ3v) is 5.72. The van der Waals surface area contributed by atoms with E-state index in [9.17, 15) is 8.96 Å². The van der Waals surface area contributed by atoms with Crippen molar-refractivity contribution in [2.24, 2.45) is 0 Å². The molecular formula is C17H16FO3P. The summed E-state index contributed by atoms with van der Waals surface area (Å²) in [6.07, 6.45) is 0. The summed E-state index contributed by atoms with van der Waals surface area (Å²) >= 11 is 0. The molecule has 1 aliphatic heterocycles. The van der Waals surface area contributed by atoms with Crippen molar-refractivity contribution in [3.8, 4) is 0 Å². The molecule has 2 aromatic carbocycles. The highest BCUT2D eigenvalue weighted by Gasteiger charge is 2.42. The third kappa shape index (κ3) is 2.85. The van der Waals surface area contributed by atoms with Crippen LogP contribution in [0.5, 0.6) is 0 Å². The van der Waals surface area contributed by atoms with Crippen molar-refractivity contribution >= 4 is 13.1 Å². The molecule has 0 aliphatic carbocycles. The summed E-state index contributed by atoms with van der Waals surface area (Å²) in [7, 11) is -3.15. The summed E-state index contributed by atoms with van der Waals surface area (Å²) in [6, 6.07) is 15.3. The number of ether oxygens (including phenoxy) is 1. The Morgan fingerprint density at radius 3 is 2.45 bits per heavy atom. The summed E-state index contributed by atoms with van der Waals surface area (Å²) < 4.78 is 37.6. The van der Waals surface area contributed by atoms with Crippen LogP contribution >= 0.6 is 7.37 Å². The summed E-state index contributed by atoms with van der Waals surface area (Å²) in [5.41, 5.74) is 1.48. The molecule has 5 heteroatoms. The van der Waals surface area contributed by atoms with Gasteiger partial charge < -0.3 is 9.26 Å². The lowest BCUT2D eigenvalue weighted by atomic mass is 10.2. The third-order valence-electron chi connectivity index (χ3n) is 3.41. The molecule has 2 atom stereocenters. The molecule has 3 nitrogen and oxygen atoms in total. The minimum absolute atomic E-state index is 0.316. The fourth-order valence-corrected chi connectivity index (χ4v) is 4.54. The largest absolute Gasteiger partial charge is 0.474 e. The number of benzene rings is 2. The lowest BCUT2D eigenvalue weighted by Gasteiger charge is -2.19. The highest BCUT2D eigenvalue weighted by atomic mass is 31.2. The number of halogens is 1. The molecule has 0 fully saturated rings. The lowest BCUT2D eigenvalue weighted by Crippen LogP contribution is -2.01. The molecule has 0 bridgehead atoms. The minimum Gasteiger partial charge on any atom is -0.474 e. The molecule has 3 rings (SSSR count). The maximum absolute atomic E-state index is 13.1. The van der Waals surface area contributed by atoms with E-state index in [2.05, 4.69) is 0 Å². The maximum Gasteiger partial charge on any atom is 0.272 e. The molecule has 1 aliphatic rings. The lowest BCUT2D eigenvalue weighted by molar-refractivity contribution is 0.221. The van der Waals surface area contributed by atoms with Gasteiger partial charge >= 0.3 is 0 Å². The smallest absolute Gasteiger partial charge is 0.272 e. The Kier molecular flexibility index (Phi) is 4.14. The Morgan fingerprint density at radius 1 is 1.14 bits per heavy atom. The molecule has 0 radical (unpaired) electrons. The monoisotopic (exact) mass is 318 g/mol. The molecule has 22 heavy (non-hydrogen) atoms. The molecule has 0 saturated carbocycles. The van der Waals surface area contributed by atoms with Crippen molar-refractivity contribution in [1.29, 1.82) is 0 Å². The summed E-state index contributed by atoms with van der Waals surface area (Å²) in [6.45, 7) is 2.10. The van der Waals surface area contributed by atoms with Crippen molar-refractivity contribution in [3.05, 3.63) is 77.4 Å². The van der Waals surface area contributed by atoms with Gasteiger partial charge in [-0.15, -0.1) is 0 Å². The van der Waals surface area contributed by atoms with Crippen LogP contribution in [-0.2, 0) is 13.8 Å². The fourth-order valence-electron chi connectivity index (χ4n) is 2.41. The van der Waals surface area contributed by atoms with Crippen LogP contribution < -0.4 is 0 Å². The summed E-state index contributed by atoms with van der Waals surface area (Å²) in [5.74, 6) is 1.03. The van der Waals surface area contributed by atoms with Gasteiger partial charge in [-0.1, -0.05) is 42.5 Å². The Hall–Kier alpha value is -1.90. The summed E-state index contributed by atoms with van der Waals surface area (Å²) in [4.78, 5) is 0. The highest BCUT2D eigenvalue weighted by Crippen LogP contribution is 2.68. The van der Waals surface area contributed by atoms with Gasteiger partial charge in [0.1, 0.15) is 11.6 Å². The fraction of sp³-hybridized carbons (Fsp3) is 0.176. The molecule has 0 amide bonds. The standard InChI is InChI=1S/C17H16FO3P/c1-2-20-22(19)12-16(13-6-4-3-5-7-13)21-17(22)14-8-10-15(18)11-9-14/h3-12,17H,2H2,1H3. The van der Waals surface area contributed by atoms with Gasteiger partial charge in [-0.2, -0.15) is 0 Å². The Morgan fingerprint density at radius 2 is 1.82 bits per heavy atom. The second kappa shape index (κ2) is 6.07. The predicted molar refractivity (Wildman–Crippen MR) is 83.9 cm³/mol. The van der Waals surface area contributed by atoms with E-state index < -0.39 is 13.2 Å². The molecule has 0 N–H and O–H groups in total. The molecule has 2 unspecified atom stereocenters. The van der Waals surface area contributed by atoms with E-state index in [0.717, 1.165) is 5.56 Å². The van der Waals surface area contributed by atoms with Crippen molar-refractivity contribution in [2.75, 3.05) is 6.61 Å². The molecular weight excluding hydrogens is 302 g/mol. The van der Waals surface area contributed by atoms with Crippen LogP contribution in [-0.4, -0.2) is 6.61 Å². The first-order valence-electron chi connectivity index (χ1n) is 7.07. The van der Waals surface area contributed by atoms with E-state index in [4.69, 9.17) is 9.26 Å². The Labute approximate surface area is 128 Å². The van der Waals surface area contributed by atoms with Crippen LogP contribution in [0.1, 0.15) is 23.9 Å². The van der Waals surface area contributed by atoms with Gasteiger partial charge in [0.25, 0.3) is 7.37 Å². The van der Waals surface area contributed by atoms with Gasteiger partial charge in [0.15, 0.2) is 0 Å². The van der Waals surface area contributed by atoms with E-state index in [1.807, 2.05) is 30.3 Å². The first-order chi connectivity index (χ1) is 10.6. The van der Waals surface area contributed by atoms with E-state index in [1.165, 1.54) is 12.1 Å². The first-order valence-corrected chi connectivity index (χ1v) is 8.83. The molecule has 0 spiro atoms. The van der Waals surface area contributed by atoms with Gasteiger partial charge in [0.2, 0.25) is 5.85 Å². The quantitative estimate of drug-likeness (QED) is 0.730. The summed E-state index contributed by atoms with van der Waals surface area (Å²) in [5, 5.41) is 0. The van der Waals surface area contributed by atoms with E-state index >= 15 is 0 Å². The predicted octanol–water partition coefficient (Wildman–Crippen LogP) is 5.17. The van der Waals surface area contributed by atoms with Crippen LogP contribution in [0.2, 0.25) is 0 Å². The van der Waals surface area contributed by atoms with Crippen molar-refractivity contribution in [1.82, 2.24) is 0 Å². The maximum atomic E-state index is 13.1. The van der Waals surface area contributed by atoms with Gasteiger partial charge in [-0.25, -0.2) is 4.39 Å². The SMILES string of the molecule is CCOP1(=O)C=C(c2ccccc2)OC1c1ccc(F)cc1. The Bertz CT molecular complexity index is 725. The molecule has 114 valence electrons. The van der Waals surface area contributed by atoms with E-state index in [0.29, 0.717) is 17.9 Å². The van der Waals surface area contributed by atoms with Crippen molar-refractivity contribution in [3.63, 3.8) is 0 Å². The molecule has 0 saturated heterocycles. The first kappa shape index (κ1) is 15.0. The average Bonchev–Trinajstić information content (AvgIpc) is 2.87. The van der Waals surface area contributed by atoms with Crippen molar-refractivity contribution in [2.45, 2.75) is 12.8 Å². The molecule has 2 aromatic rings. The zero-order valence-electron chi connectivity index (χ0n) is 12.1. The normalized spacial score (nSPS) is 23.9. The number of hydrogen-bond donors (Lipinski definition) is 0. The molecule has 0 aromatic heterocycles. The van der Waals surface area contributed by atoms with Crippen LogP contribution in [0.25, 0.3) is 5.76 Å². The average molecular weight is 318 g/mol. The zero-order chi connectivity index (χ0) is 15.6. The van der Waals surface area contributed by atoms with Gasteiger partial charge in [-0.05, 0) is 19.1 Å². The Balaban J connectivity index is 1.98. The minimum atomic E-state index is -3.15. The van der Waals surface area contributed by atoms with E-state index in [1.54, 1.807) is 24.9 Å². The van der Waals surface area contributed by atoms with Gasteiger partial charge in [0.05, 0.1) is 6.61 Å². The number of rotatable bonds is 4. The van der Waals surface area contributed by atoms with Gasteiger partial charge in [0, 0.05) is 16.9 Å². The van der Waals surface area contributed by atoms with Crippen molar-refractivity contribution < 1.29 is 18.2 Å². The molecule has 1 heterocycles. The van der Waals surface area contributed by atoms with E-state index in [-0.39, 0.29) is 5.82 Å². The topological polar surface area (TPSA) is 35.5 Å². The number of hydrogen-bond acceptors (Lipinski definition) is 3. The second-order valence-electron chi connectivity index (χ2n) is 4.94. The zero-order valence-corrected chi connectivity index (χ0v) is 13.0. The van der Waals surface area contributed by atoms with Crippen LogP contribution in [0.4, 0.5) is 4.39 Å².